The van der Waals surface area contributed by atoms with Gasteiger partial charge in [0.1, 0.15) is 5.69 Å². The number of fused-ring (bicyclic) bond motifs is 1. The fourth-order valence-corrected chi connectivity index (χ4v) is 2.38. The number of H-pyrrole nitrogens is 1. The Hall–Kier alpha value is -1.85. The minimum atomic E-state index is -0.925. The number of likely N-dealkylation sites (N-methyl/N-ethyl adjacent to an activating group) is 1. The van der Waals surface area contributed by atoms with E-state index in [1.807, 2.05) is 12.1 Å². The summed E-state index contributed by atoms with van der Waals surface area (Å²) in [5.74, 6) is -0.207. The molecule has 1 atom stereocenters. The average molecular weight is 304 g/mol. The topological polar surface area (TPSA) is 76.6 Å². The number of aliphatic hydroxyl groups is 2. The van der Waals surface area contributed by atoms with Crippen molar-refractivity contribution in [2.24, 2.45) is 0 Å². The standard InChI is InChI=1S/C17H24N2O3/c1-17(2,3)12-5-6-14-11(7-12)8-15(18-14)16(22)19(4)9-13(21)10-20/h5-8,13,18,20-21H,9-10H2,1-4H3/t13-/m0/s1. The van der Waals surface area contributed by atoms with Gasteiger partial charge in [0.05, 0.1) is 12.7 Å². The molecule has 5 nitrogen and oxygen atoms in total. The van der Waals surface area contributed by atoms with E-state index in [1.165, 1.54) is 10.5 Å². The van der Waals surface area contributed by atoms with Gasteiger partial charge in [-0.3, -0.25) is 4.79 Å². The fourth-order valence-electron chi connectivity index (χ4n) is 2.38. The Morgan fingerprint density at radius 2 is 2.00 bits per heavy atom. The highest BCUT2D eigenvalue weighted by Gasteiger charge is 2.18. The van der Waals surface area contributed by atoms with E-state index in [9.17, 15) is 9.90 Å². The fraction of sp³-hybridized carbons (Fsp3) is 0.471. The Bertz CT molecular complexity index is 670. The highest BCUT2D eigenvalue weighted by Crippen LogP contribution is 2.26. The second-order valence-electron chi connectivity index (χ2n) is 6.76. The molecule has 1 aromatic carbocycles. The largest absolute Gasteiger partial charge is 0.394 e. The van der Waals surface area contributed by atoms with E-state index in [2.05, 4.69) is 37.9 Å². The predicted octanol–water partition coefficient (Wildman–Crippen LogP) is 1.89. The van der Waals surface area contributed by atoms with Gasteiger partial charge in [0, 0.05) is 24.5 Å². The molecule has 1 aromatic heterocycles. The van der Waals surface area contributed by atoms with Crippen molar-refractivity contribution >= 4 is 16.8 Å². The van der Waals surface area contributed by atoms with Gasteiger partial charge in [0.25, 0.3) is 5.91 Å². The van der Waals surface area contributed by atoms with Crippen molar-refractivity contribution in [2.75, 3.05) is 20.2 Å². The lowest BCUT2D eigenvalue weighted by atomic mass is 9.86. The van der Waals surface area contributed by atoms with Gasteiger partial charge in [-0.1, -0.05) is 26.8 Å². The second-order valence-corrected chi connectivity index (χ2v) is 6.76. The van der Waals surface area contributed by atoms with E-state index < -0.39 is 6.10 Å². The van der Waals surface area contributed by atoms with Crippen molar-refractivity contribution in [1.29, 1.82) is 0 Å². The minimum absolute atomic E-state index is 0.0532. The summed E-state index contributed by atoms with van der Waals surface area (Å²) < 4.78 is 0. The molecule has 0 aliphatic carbocycles. The third-order valence-electron chi connectivity index (χ3n) is 3.76. The maximum Gasteiger partial charge on any atom is 0.270 e. The van der Waals surface area contributed by atoms with Gasteiger partial charge in [0.2, 0.25) is 0 Å². The van der Waals surface area contributed by atoms with Crippen LogP contribution in [0.3, 0.4) is 0 Å². The van der Waals surface area contributed by atoms with Crippen molar-refractivity contribution in [3.8, 4) is 0 Å². The molecule has 5 heteroatoms. The van der Waals surface area contributed by atoms with Crippen LogP contribution in [0.5, 0.6) is 0 Å². The van der Waals surface area contributed by atoms with Gasteiger partial charge in [-0.05, 0) is 29.2 Å². The van der Waals surface area contributed by atoms with Crippen LogP contribution in [-0.2, 0) is 5.41 Å². The first-order valence-corrected chi connectivity index (χ1v) is 7.40. The molecule has 120 valence electrons. The summed E-state index contributed by atoms with van der Waals surface area (Å²) >= 11 is 0. The lowest BCUT2D eigenvalue weighted by Crippen LogP contribution is -2.36. The smallest absolute Gasteiger partial charge is 0.270 e. The molecule has 0 aliphatic rings. The SMILES string of the molecule is CN(C[C@H](O)CO)C(=O)c1cc2cc(C(C)(C)C)ccc2[nH]1. The normalized spacial score (nSPS) is 13.4. The molecular formula is C17H24N2O3. The second kappa shape index (κ2) is 6.10. The molecule has 2 rings (SSSR count). The molecule has 0 unspecified atom stereocenters. The first-order valence-electron chi connectivity index (χ1n) is 7.40. The van der Waals surface area contributed by atoms with Crippen LogP contribution in [0.15, 0.2) is 24.3 Å². The summed E-state index contributed by atoms with van der Waals surface area (Å²) in [7, 11) is 1.60. The van der Waals surface area contributed by atoms with Crippen LogP contribution in [0, 0.1) is 0 Å². The number of amides is 1. The number of aromatic amines is 1. The highest BCUT2D eigenvalue weighted by atomic mass is 16.3. The quantitative estimate of drug-likeness (QED) is 0.807. The molecule has 22 heavy (non-hydrogen) atoms. The molecule has 2 aromatic rings. The third-order valence-corrected chi connectivity index (χ3v) is 3.76. The van der Waals surface area contributed by atoms with E-state index in [4.69, 9.17) is 5.11 Å². The lowest BCUT2D eigenvalue weighted by Gasteiger charge is -2.18. The first kappa shape index (κ1) is 16.5. The van der Waals surface area contributed by atoms with Crippen molar-refractivity contribution in [3.63, 3.8) is 0 Å². The van der Waals surface area contributed by atoms with E-state index in [-0.39, 0.29) is 24.5 Å². The molecular weight excluding hydrogens is 280 g/mol. The van der Waals surface area contributed by atoms with Crippen LogP contribution in [0.1, 0.15) is 36.8 Å². The van der Waals surface area contributed by atoms with Crippen LogP contribution in [0.25, 0.3) is 10.9 Å². The van der Waals surface area contributed by atoms with Crippen LogP contribution < -0.4 is 0 Å². The Morgan fingerprint density at radius 1 is 1.32 bits per heavy atom. The molecule has 0 saturated carbocycles. The van der Waals surface area contributed by atoms with E-state index in [1.54, 1.807) is 7.05 Å². The number of hydrogen-bond acceptors (Lipinski definition) is 3. The lowest BCUT2D eigenvalue weighted by molar-refractivity contribution is 0.0517. The van der Waals surface area contributed by atoms with Gasteiger partial charge < -0.3 is 20.1 Å². The molecule has 3 N–H and O–H groups in total. The van der Waals surface area contributed by atoms with Crippen molar-refractivity contribution in [2.45, 2.75) is 32.3 Å². The Morgan fingerprint density at radius 3 is 2.59 bits per heavy atom. The summed E-state index contributed by atoms with van der Waals surface area (Å²) in [5.41, 5.74) is 2.65. The average Bonchev–Trinajstić information content (AvgIpc) is 2.87. The Balaban J connectivity index is 2.27. The van der Waals surface area contributed by atoms with Crippen LogP contribution in [0.4, 0.5) is 0 Å². The molecule has 0 fully saturated rings. The summed E-state index contributed by atoms with van der Waals surface area (Å²) in [6, 6.07) is 7.96. The number of aliphatic hydroxyl groups excluding tert-OH is 2. The van der Waals surface area contributed by atoms with Gasteiger partial charge in [-0.25, -0.2) is 0 Å². The number of benzene rings is 1. The van der Waals surface area contributed by atoms with E-state index >= 15 is 0 Å². The number of nitrogens with one attached hydrogen (secondary N) is 1. The van der Waals surface area contributed by atoms with Crippen LogP contribution in [0.2, 0.25) is 0 Å². The number of hydrogen-bond donors (Lipinski definition) is 3. The number of carbonyl (C=O) groups excluding carboxylic acids is 1. The summed E-state index contributed by atoms with van der Waals surface area (Å²) in [4.78, 5) is 16.9. The van der Waals surface area contributed by atoms with E-state index in [0.29, 0.717) is 5.69 Å². The zero-order valence-electron chi connectivity index (χ0n) is 13.6. The highest BCUT2D eigenvalue weighted by molar-refractivity contribution is 5.98. The van der Waals surface area contributed by atoms with Crippen molar-refractivity contribution in [3.05, 3.63) is 35.5 Å². The number of carbonyl (C=O) groups is 1. The maximum atomic E-state index is 12.3. The molecule has 0 aliphatic heterocycles. The van der Waals surface area contributed by atoms with Gasteiger partial charge >= 0.3 is 0 Å². The molecule has 0 bridgehead atoms. The monoisotopic (exact) mass is 304 g/mol. The molecule has 0 saturated heterocycles. The number of aromatic nitrogens is 1. The van der Waals surface area contributed by atoms with Gasteiger partial charge in [-0.2, -0.15) is 0 Å². The minimum Gasteiger partial charge on any atom is -0.394 e. The summed E-state index contributed by atoms with van der Waals surface area (Å²) in [5, 5.41) is 19.3. The summed E-state index contributed by atoms with van der Waals surface area (Å²) in [6.45, 7) is 6.18. The van der Waals surface area contributed by atoms with Gasteiger partial charge in [-0.15, -0.1) is 0 Å². The summed E-state index contributed by atoms with van der Waals surface area (Å²) in [6.07, 6.45) is -0.925. The number of nitrogens with zero attached hydrogens (tertiary/aromatic N) is 1. The zero-order chi connectivity index (χ0) is 16.5. The molecule has 1 amide bonds. The first-order chi connectivity index (χ1) is 10.2. The number of rotatable bonds is 4. The predicted molar refractivity (Wildman–Crippen MR) is 87.1 cm³/mol. The maximum absolute atomic E-state index is 12.3. The molecule has 1 heterocycles. The third kappa shape index (κ3) is 3.48. The molecule has 0 radical (unpaired) electrons. The van der Waals surface area contributed by atoms with Crippen molar-refractivity contribution in [1.82, 2.24) is 9.88 Å². The Kier molecular flexibility index (Phi) is 4.58. The Labute approximate surface area is 130 Å². The van der Waals surface area contributed by atoms with Gasteiger partial charge in [0.15, 0.2) is 0 Å². The molecule has 0 spiro atoms. The zero-order valence-corrected chi connectivity index (χ0v) is 13.6. The van der Waals surface area contributed by atoms with Crippen molar-refractivity contribution < 1.29 is 15.0 Å². The van der Waals surface area contributed by atoms with E-state index in [0.717, 1.165) is 10.9 Å². The van der Waals surface area contributed by atoms with Crippen LogP contribution >= 0.6 is 0 Å². The van der Waals surface area contributed by atoms with Crippen LogP contribution in [-0.4, -0.2) is 52.3 Å².